The van der Waals surface area contributed by atoms with Gasteiger partial charge in [-0.15, -0.1) is 0 Å². The Balaban J connectivity index is 1.33. The van der Waals surface area contributed by atoms with Crippen molar-refractivity contribution in [3.05, 3.63) is 69.8 Å². The summed E-state index contributed by atoms with van der Waals surface area (Å²) in [6.45, 7) is 0.226. The molecular weight excluding hydrogens is 473 g/mol. The van der Waals surface area contributed by atoms with E-state index in [1.54, 1.807) is 48.7 Å². The van der Waals surface area contributed by atoms with Crippen LogP contribution in [0, 0.1) is 0 Å². The van der Waals surface area contributed by atoms with Crippen molar-refractivity contribution >= 4 is 57.7 Å². The number of aromatic nitrogens is 1. The lowest BCUT2D eigenvalue weighted by molar-refractivity contribution is -0.125. The Morgan fingerprint density at radius 2 is 1.91 bits per heavy atom. The van der Waals surface area contributed by atoms with Crippen LogP contribution in [-0.2, 0) is 22.6 Å². The van der Waals surface area contributed by atoms with Crippen LogP contribution in [0.25, 0.3) is 11.3 Å². The van der Waals surface area contributed by atoms with E-state index >= 15 is 0 Å². The number of hydrogen-bond acceptors (Lipinski definition) is 6. The van der Waals surface area contributed by atoms with Gasteiger partial charge in [0.25, 0.3) is 5.24 Å². The largest absolute Gasteiger partial charge is 0.356 e. The summed E-state index contributed by atoms with van der Waals surface area (Å²) in [6, 6.07) is 12.2. The molecule has 0 unspecified atom stereocenters. The molecular formula is C22H17Cl2N3O4S. The lowest BCUT2D eigenvalue weighted by atomic mass is 10.1. The van der Waals surface area contributed by atoms with E-state index in [2.05, 4.69) is 10.5 Å². The molecule has 1 aromatic heterocycles. The first-order valence-corrected chi connectivity index (χ1v) is 11.4. The van der Waals surface area contributed by atoms with E-state index in [1.165, 1.54) is 4.90 Å². The molecule has 3 amide bonds. The van der Waals surface area contributed by atoms with Gasteiger partial charge in [-0.3, -0.25) is 19.3 Å². The number of benzene rings is 2. The molecule has 2 heterocycles. The lowest BCUT2D eigenvalue weighted by Gasteiger charge is -2.13. The van der Waals surface area contributed by atoms with Crippen molar-refractivity contribution in [2.24, 2.45) is 0 Å². The fourth-order valence-electron chi connectivity index (χ4n) is 3.20. The minimum absolute atomic E-state index is 0.166. The summed E-state index contributed by atoms with van der Waals surface area (Å²) in [4.78, 5) is 37.1. The standard InChI is InChI=1S/C22H17Cl2N3O4S/c23-17-7-3-14(9-18(17)24)21-15(10-25-31-21)4-8-19(28)26-16-5-1-13(2-6-16)11-27-20(29)12-32-22(27)30/h1-3,5-7,9-10H,4,8,11-12H2,(H,26,28). The summed E-state index contributed by atoms with van der Waals surface area (Å²) < 4.78 is 5.34. The van der Waals surface area contributed by atoms with E-state index in [-0.39, 0.29) is 35.8 Å². The van der Waals surface area contributed by atoms with Crippen molar-refractivity contribution in [2.45, 2.75) is 19.4 Å². The van der Waals surface area contributed by atoms with Crippen LogP contribution in [0.15, 0.2) is 53.2 Å². The first kappa shape index (κ1) is 22.4. The third-order valence-electron chi connectivity index (χ3n) is 4.87. The number of carbonyl (C=O) groups excluding carboxylic acids is 3. The van der Waals surface area contributed by atoms with Crippen molar-refractivity contribution in [3.63, 3.8) is 0 Å². The van der Waals surface area contributed by atoms with Crippen molar-refractivity contribution in [1.82, 2.24) is 10.1 Å². The molecule has 0 aliphatic carbocycles. The Bertz CT molecular complexity index is 1160. The highest BCUT2D eigenvalue weighted by Gasteiger charge is 2.29. The summed E-state index contributed by atoms with van der Waals surface area (Å²) in [6.07, 6.45) is 2.24. The smallest absolute Gasteiger partial charge is 0.289 e. The molecule has 0 radical (unpaired) electrons. The molecule has 10 heteroatoms. The number of amides is 3. The topological polar surface area (TPSA) is 92.5 Å². The van der Waals surface area contributed by atoms with Crippen LogP contribution in [-0.4, -0.2) is 32.9 Å². The highest BCUT2D eigenvalue weighted by atomic mass is 35.5. The molecule has 164 valence electrons. The van der Waals surface area contributed by atoms with E-state index < -0.39 is 0 Å². The summed E-state index contributed by atoms with van der Waals surface area (Å²) in [5.41, 5.74) is 2.95. The van der Waals surface area contributed by atoms with Crippen LogP contribution < -0.4 is 5.32 Å². The second-order valence-corrected chi connectivity index (χ2v) is 8.83. The fraction of sp³-hybridized carbons (Fsp3) is 0.182. The molecule has 0 spiro atoms. The van der Waals surface area contributed by atoms with Crippen LogP contribution in [0.2, 0.25) is 10.0 Å². The molecule has 3 aromatic rings. The summed E-state index contributed by atoms with van der Waals surface area (Å²) >= 11 is 13.0. The van der Waals surface area contributed by atoms with Crippen molar-refractivity contribution in [2.75, 3.05) is 11.1 Å². The summed E-state index contributed by atoms with van der Waals surface area (Å²) in [5.74, 6) is 0.378. The van der Waals surface area contributed by atoms with Crippen molar-refractivity contribution in [3.8, 4) is 11.3 Å². The van der Waals surface area contributed by atoms with Gasteiger partial charge in [0.1, 0.15) is 0 Å². The van der Waals surface area contributed by atoms with Gasteiger partial charge < -0.3 is 9.84 Å². The number of rotatable bonds is 7. The number of anilines is 1. The zero-order valence-corrected chi connectivity index (χ0v) is 19.0. The molecule has 2 aromatic carbocycles. The van der Waals surface area contributed by atoms with E-state index in [0.29, 0.717) is 27.9 Å². The van der Waals surface area contributed by atoms with Gasteiger partial charge in [0.2, 0.25) is 11.8 Å². The second kappa shape index (κ2) is 9.77. The number of nitrogens with one attached hydrogen (secondary N) is 1. The third kappa shape index (κ3) is 5.15. The predicted octanol–water partition coefficient (Wildman–Crippen LogP) is 5.42. The normalized spacial score (nSPS) is 13.6. The van der Waals surface area contributed by atoms with Crippen molar-refractivity contribution < 1.29 is 18.9 Å². The molecule has 1 fully saturated rings. The quantitative estimate of drug-likeness (QED) is 0.476. The highest BCUT2D eigenvalue weighted by molar-refractivity contribution is 8.14. The molecule has 0 atom stereocenters. The van der Waals surface area contributed by atoms with Gasteiger partial charge in [0.05, 0.1) is 28.5 Å². The number of nitrogens with zero attached hydrogens (tertiary/aromatic N) is 2. The van der Waals surface area contributed by atoms with Crippen LogP contribution in [0.5, 0.6) is 0 Å². The van der Waals surface area contributed by atoms with E-state index in [0.717, 1.165) is 28.5 Å². The number of carbonyl (C=O) groups is 3. The van der Waals surface area contributed by atoms with E-state index in [9.17, 15) is 14.4 Å². The van der Waals surface area contributed by atoms with Gasteiger partial charge in [-0.1, -0.05) is 52.3 Å². The molecule has 32 heavy (non-hydrogen) atoms. The number of halogens is 2. The molecule has 1 saturated heterocycles. The maximum atomic E-state index is 12.4. The average Bonchev–Trinajstić information content (AvgIpc) is 3.37. The maximum absolute atomic E-state index is 12.4. The van der Waals surface area contributed by atoms with Crippen LogP contribution in [0.3, 0.4) is 0 Å². The molecule has 7 nitrogen and oxygen atoms in total. The van der Waals surface area contributed by atoms with Gasteiger partial charge in [-0.2, -0.15) is 0 Å². The minimum atomic E-state index is -0.235. The zero-order chi connectivity index (χ0) is 22.7. The van der Waals surface area contributed by atoms with E-state index in [4.69, 9.17) is 27.7 Å². The fourth-order valence-corrected chi connectivity index (χ4v) is 4.22. The molecule has 1 aliphatic rings. The second-order valence-electron chi connectivity index (χ2n) is 7.09. The SMILES string of the molecule is O=C(CCc1cnoc1-c1ccc(Cl)c(Cl)c1)Nc1ccc(CN2C(=O)CSC2=O)cc1. The van der Waals surface area contributed by atoms with Crippen LogP contribution in [0.1, 0.15) is 17.5 Å². The molecule has 1 aliphatic heterocycles. The van der Waals surface area contributed by atoms with Crippen LogP contribution >= 0.6 is 35.0 Å². The number of imide groups is 1. The molecule has 0 saturated carbocycles. The minimum Gasteiger partial charge on any atom is -0.356 e. The Kier molecular flexibility index (Phi) is 6.83. The Labute approximate surface area is 198 Å². The number of hydrogen-bond donors (Lipinski definition) is 1. The summed E-state index contributed by atoms with van der Waals surface area (Å²) in [5, 5.41) is 7.29. The van der Waals surface area contributed by atoms with Gasteiger partial charge in [0, 0.05) is 23.2 Å². The predicted molar refractivity (Wildman–Crippen MR) is 124 cm³/mol. The summed E-state index contributed by atoms with van der Waals surface area (Å²) in [7, 11) is 0. The lowest BCUT2D eigenvalue weighted by Crippen LogP contribution is -2.27. The molecule has 0 bridgehead atoms. The first-order valence-electron chi connectivity index (χ1n) is 9.65. The third-order valence-corrected chi connectivity index (χ3v) is 6.46. The van der Waals surface area contributed by atoms with Gasteiger partial charge in [-0.25, -0.2) is 0 Å². The Hall–Kier alpha value is -2.81. The van der Waals surface area contributed by atoms with Crippen LogP contribution in [0.4, 0.5) is 10.5 Å². The molecule has 1 N–H and O–H groups in total. The zero-order valence-electron chi connectivity index (χ0n) is 16.6. The van der Waals surface area contributed by atoms with Gasteiger partial charge in [0.15, 0.2) is 5.76 Å². The monoisotopic (exact) mass is 489 g/mol. The number of aryl methyl sites for hydroxylation is 1. The Morgan fingerprint density at radius 1 is 1.12 bits per heavy atom. The van der Waals surface area contributed by atoms with Crippen molar-refractivity contribution in [1.29, 1.82) is 0 Å². The Morgan fingerprint density at radius 3 is 2.59 bits per heavy atom. The molecule has 4 rings (SSSR count). The maximum Gasteiger partial charge on any atom is 0.289 e. The first-order chi connectivity index (χ1) is 15.4. The van der Waals surface area contributed by atoms with E-state index in [1.807, 2.05) is 0 Å². The van der Waals surface area contributed by atoms with Gasteiger partial charge >= 0.3 is 0 Å². The highest BCUT2D eigenvalue weighted by Crippen LogP contribution is 2.31. The average molecular weight is 490 g/mol. The number of thioether (sulfide) groups is 1. The van der Waals surface area contributed by atoms with Gasteiger partial charge in [-0.05, 0) is 42.3 Å².